The van der Waals surface area contributed by atoms with Crippen molar-refractivity contribution >= 4 is 17.4 Å². The molecule has 0 unspecified atom stereocenters. The monoisotopic (exact) mass is 371 g/mol. The molecule has 0 fully saturated rings. The second-order valence-electron chi connectivity index (χ2n) is 5.48. The zero-order valence-electron chi connectivity index (χ0n) is 14.3. The molecule has 0 saturated heterocycles. The quantitative estimate of drug-likeness (QED) is 0.705. The first kappa shape index (κ1) is 17.7. The predicted octanol–water partition coefficient (Wildman–Crippen LogP) is 1.51. The Balaban J connectivity index is 1.63. The molecule has 1 N–H and O–H groups in total. The Hall–Kier alpha value is -3.07. The van der Waals surface area contributed by atoms with Gasteiger partial charge in [-0.1, -0.05) is 4.49 Å². The van der Waals surface area contributed by atoms with E-state index in [-0.39, 0.29) is 11.5 Å². The third-order valence-electron chi connectivity index (χ3n) is 3.76. The molecule has 0 bridgehead atoms. The molecule has 134 valence electrons. The lowest BCUT2D eigenvalue weighted by atomic mass is 10.1. The number of nitrogens with one attached hydrogen (secondary N) is 1. The van der Waals surface area contributed by atoms with Crippen LogP contribution in [-0.4, -0.2) is 38.7 Å². The Morgan fingerprint density at radius 1 is 1.31 bits per heavy atom. The van der Waals surface area contributed by atoms with E-state index in [0.29, 0.717) is 29.4 Å². The summed E-state index contributed by atoms with van der Waals surface area (Å²) in [4.78, 5) is 29.1. The van der Waals surface area contributed by atoms with Gasteiger partial charge in [0.2, 0.25) is 0 Å². The number of rotatable bonds is 6. The van der Waals surface area contributed by atoms with E-state index in [1.807, 2.05) is 24.3 Å². The minimum atomic E-state index is -0.242. The van der Waals surface area contributed by atoms with Crippen LogP contribution in [0.4, 0.5) is 0 Å². The summed E-state index contributed by atoms with van der Waals surface area (Å²) in [5.41, 5.74) is 1.83. The maximum atomic E-state index is 12.3. The van der Waals surface area contributed by atoms with Crippen molar-refractivity contribution in [1.29, 1.82) is 0 Å². The Morgan fingerprint density at radius 2 is 2.08 bits per heavy atom. The Morgan fingerprint density at radius 3 is 2.69 bits per heavy atom. The molecule has 0 radical (unpaired) electrons. The molecule has 8 nitrogen and oxygen atoms in total. The number of methoxy groups -OCH3 is 1. The van der Waals surface area contributed by atoms with Crippen molar-refractivity contribution in [3.8, 4) is 17.0 Å². The molecule has 0 spiro atoms. The van der Waals surface area contributed by atoms with Gasteiger partial charge < -0.3 is 10.1 Å². The molecule has 2 heterocycles. The fourth-order valence-electron chi connectivity index (χ4n) is 2.32. The van der Waals surface area contributed by atoms with Crippen LogP contribution in [0.5, 0.6) is 5.75 Å². The number of aromatic nitrogens is 4. The first-order valence-corrected chi connectivity index (χ1v) is 8.64. The maximum absolute atomic E-state index is 12.3. The van der Waals surface area contributed by atoms with Gasteiger partial charge in [0, 0.05) is 24.7 Å². The summed E-state index contributed by atoms with van der Waals surface area (Å²) in [5.74, 6) is 0.498. The standard InChI is InChI=1S/C17H17N5O3S/c1-11-16(26-21-20-11)17(24)18-7-8-22-10-19-14(9-15(22)23)12-3-5-13(25-2)6-4-12/h3-6,9-10H,7-8H2,1-2H3,(H,18,24). The molecule has 0 saturated carbocycles. The largest absolute Gasteiger partial charge is 0.497 e. The number of aryl methyl sites for hydroxylation is 1. The molecule has 0 atom stereocenters. The minimum Gasteiger partial charge on any atom is -0.497 e. The fraction of sp³-hybridized carbons (Fsp3) is 0.235. The van der Waals surface area contributed by atoms with Crippen LogP contribution in [0, 0.1) is 6.92 Å². The normalized spacial score (nSPS) is 10.5. The first-order valence-electron chi connectivity index (χ1n) is 7.86. The molecule has 1 amide bonds. The molecule has 0 aliphatic carbocycles. The first-order chi connectivity index (χ1) is 12.6. The van der Waals surface area contributed by atoms with Crippen LogP contribution in [-0.2, 0) is 6.54 Å². The molecule has 1 aromatic carbocycles. The number of ether oxygens (including phenoxy) is 1. The number of nitrogens with zero attached hydrogens (tertiary/aromatic N) is 4. The topological polar surface area (TPSA) is 99.0 Å². The zero-order valence-corrected chi connectivity index (χ0v) is 15.1. The summed E-state index contributed by atoms with van der Waals surface area (Å²) in [7, 11) is 1.60. The highest BCUT2D eigenvalue weighted by Gasteiger charge is 2.12. The van der Waals surface area contributed by atoms with E-state index in [9.17, 15) is 9.59 Å². The Kier molecular flexibility index (Phi) is 5.37. The van der Waals surface area contributed by atoms with Crippen LogP contribution in [0.25, 0.3) is 11.3 Å². The molecule has 0 aliphatic rings. The summed E-state index contributed by atoms with van der Waals surface area (Å²) in [6.07, 6.45) is 1.48. The van der Waals surface area contributed by atoms with Gasteiger partial charge in [-0.2, -0.15) is 0 Å². The lowest BCUT2D eigenvalue weighted by Crippen LogP contribution is -2.30. The molecule has 9 heteroatoms. The van der Waals surface area contributed by atoms with Crippen molar-refractivity contribution in [2.45, 2.75) is 13.5 Å². The molecule has 3 rings (SSSR count). The number of carbonyl (C=O) groups is 1. The highest BCUT2D eigenvalue weighted by atomic mass is 32.1. The molecule has 26 heavy (non-hydrogen) atoms. The van der Waals surface area contributed by atoms with Crippen molar-refractivity contribution in [2.24, 2.45) is 0 Å². The summed E-state index contributed by atoms with van der Waals surface area (Å²) < 4.78 is 10.3. The van der Waals surface area contributed by atoms with Gasteiger partial charge in [-0.15, -0.1) is 5.10 Å². The Bertz CT molecular complexity index is 965. The van der Waals surface area contributed by atoms with Gasteiger partial charge in [0.25, 0.3) is 11.5 Å². The number of carbonyl (C=O) groups excluding carboxylic acids is 1. The maximum Gasteiger partial charge on any atom is 0.265 e. The van der Waals surface area contributed by atoms with Crippen LogP contribution in [0.3, 0.4) is 0 Å². The lowest BCUT2D eigenvalue weighted by molar-refractivity contribution is 0.0955. The van der Waals surface area contributed by atoms with Crippen molar-refractivity contribution in [1.82, 2.24) is 24.5 Å². The van der Waals surface area contributed by atoms with Gasteiger partial charge in [0.1, 0.15) is 10.6 Å². The van der Waals surface area contributed by atoms with Crippen LogP contribution >= 0.6 is 11.5 Å². The smallest absolute Gasteiger partial charge is 0.265 e. The number of hydrogen-bond acceptors (Lipinski definition) is 7. The molecule has 0 aliphatic heterocycles. The summed E-state index contributed by atoms with van der Waals surface area (Å²) in [6, 6.07) is 8.79. The third-order valence-corrected chi connectivity index (χ3v) is 4.59. The van der Waals surface area contributed by atoms with E-state index in [1.54, 1.807) is 14.0 Å². The van der Waals surface area contributed by atoms with Crippen LogP contribution in [0.1, 0.15) is 15.4 Å². The van der Waals surface area contributed by atoms with Crippen molar-refractivity contribution in [3.05, 3.63) is 57.6 Å². The summed E-state index contributed by atoms with van der Waals surface area (Å²) in [5, 5.41) is 6.55. The van der Waals surface area contributed by atoms with Crippen LogP contribution in [0.15, 0.2) is 41.5 Å². The van der Waals surface area contributed by atoms with E-state index in [0.717, 1.165) is 22.8 Å². The second-order valence-corrected chi connectivity index (χ2v) is 6.23. The van der Waals surface area contributed by atoms with E-state index in [4.69, 9.17) is 4.74 Å². The zero-order chi connectivity index (χ0) is 18.5. The summed E-state index contributed by atoms with van der Waals surface area (Å²) >= 11 is 1.05. The molecule has 3 aromatic rings. The number of hydrogen-bond donors (Lipinski definition) is 1. The van der Waals surface area contributed by atoms with E-state index >= 15 is 0 Å². The van der Waals surface area contributed by atoms with Crippen LogP contribution in [0.2, 0.25) is 0 Å². The second kappa shape index (κ2) is 7.87. The van der Waals surface area contributed by atoms with Gasteiger partial charge in [-0.25, -0.2) is 4.98 Å². The van der Waals surface area contributed by atoms with Gasteiger partial charge >= 0.3 is 0 Å². The SMILES string of the molecule is COc1ccc(-c2cc(=O)n(CCNC(=O)c3snnc3C)cn2)cc1. The van der Waals surface area contributed by atoms with Crippen LogP contribution < -0.4 is 15.6 Å². The molecule has 2 aromatic heterocycles. The van der Waals surface area contributed by atoms with Gasteiger partial charge in [-0.05, 0) is 42.7 Å². The number of amides is 1. The van der Waals surface area contributed by atoms with Gasteiger partial charge in [0.15, 0.2) is 0 Å². The number of benzene rings is 1. The van der Waals surface area contributed by atoms with Crippen molar-refractivity contribution in [2.75, 3.05) is 13.7 Å². The van der Waals surface area contributed by atoms with Crippen molar-refractivity contribution < 1.29 is 9.53 Å². The van der Waals surface area contributed by atoms with Gasteiger partial charge in [0.05, 0.1) is 24.8 Å². The predicted molar refractivity (Wildman–Crippen MR) is 97.5 cm³/mol. The van der Waals surface area contributed by atoms with E-state index in [2.05, 4.69) is 19.9 Å². The van der Waals surface area contributed by atoms with E-state index in [1.165, 1.54) is 17.0 Å². The lowest BCUT2D eigenvalue weighted by Gasteiger charge is -2.08. The minimum absolute atomic E-state index is 0.185. The molecular formula is C17H17N5O3S. The molecular weight excluding hydrogens is 354 g/mol. The van der Waals surface area contributed by atoms with Gasteiger partial charge in [-0.3, -0.25) is 14.2 Å². The Labute approximate surface area is 153 Å². The summed E-state index contributed by atoms with van der Waals surface area (Å²) in [6.45, 7) is 2.36. The average molecular weight is 371 g/mol. The van der Waals surface area contributed by atoms with Crippen molar-refractivity contribution in [3.63, 3.8) is 0 Å². The fourth-order valence-corrected chi connectivity index (χ4v) is 2.90. The highest BCUT2D eigenvalue weighted by Crippen LogP contribution is 2.19. The third kappa shape index (κ3) is 3.94. The highest BCUT2D eigenvalue weighted by molar-refractivity contribution is 7.07. The average Bonchev–Trinajstić information content (AvgIpc) is 3.09. The van der Waals surface area contributed by atoms with E-state index < -0.39 is 0 Å².